The minimum atomic E-state index is -3.36. The fourth-order valence-corrected chi connectivity index (χ4v) is 4.75. The van der Waals surface area contributed by atoms with Crippen LogP contribution >= 0.6 is 0 Å². The monoisotopic (exact) mass is 487 g/mol. The summed E-state index contributed by atoms with van der Waals surface area (Å²) >= 11 is 0. The molecule has 4 aromatic rings. The molecule has 5 nitrogen and oxygen atoms in total. The van der Waals surface area contributed by atoms with Crippen LogP contribution in [0.4, 0.5) is 5.69 Å². The van der Waals surface area contributed by atoms with Gasteiger partial charge in [0.1, 0.15) is 5.75 Å². The number of hydrogen-bond acceptors (Lipinski definition) is 4. The molecule has 180 valence electrons. The lowest BCUT2D eigenvalue weighted by Crippen LogP contribution is -2.15. The minimum absolute atomic E-state index is 0.0442. The Morgan fingerprint density at radius 3 is 2.11 bits per heavy atom. The number of sulfonamides is 1. The van der Waals surface area contributed by atoms with Crippen molar-refractivity contribution in [1.82, 2.24) is 0 Å². The van der Waals surface area contributed by atoms with Crippen molar-refractivity contribution in [2.24, 2.45) is 0 Å². The van der Waals surface area contributed by atoms with Crippen LogP contribution in [0.5, 0.6) is 5.75 Å². The van der Waals surface area contributed by atoms with E-state index in [1.165, 1.54) is 0 Å². The van der Waals surface area contributed by atoms with Crippen molar-refractivity contribution in [3.8, 4) is 16.9 Å². The van der Waals surface area contributed by atoms with Gasteiger partial charge < -0.3 is 4.74 Å². The van der Waals surface area contributed by atoms with Crippen LogP contribution in [0.3, 0.4) is 0 Å². The van der Waals surface area contributed by atoms with Crippen LogP contribution in [-0.4, -0.2) is 27.6 Å². The SMILES string of the molecule is COc1c(-c2ccc3cc(NS(C)(=O)=O)ccc3c2)cc(C(=O)c2ccccc2)cc1C(C)(C)C. The molecule has 35 heavy (non-hydrogen) atoms. The molecule has 0 amide bonds. The Morgan fingerprint density at radius 1 is 0.829 bits per heavy atom. The van der Waals surface area contributed by atoms with Gasteiger partial charge in [0, 0.05) is 27.9 Å². The van der Waals surface area contributed by atoms with Gasteiger partial charge in [-0.05, 0) is 52.1 Å². The third-order valence-electron chi connectivity index (χ3n) is 5.85. The van der Waals surface area contributed by atoms with E-state index < -0.39 is 10.0 Å². The van der Waals surface area contributed by atoms with Crippen LogP contribution in [-0.2, 0) is 15.4 Å². The van der Waals surface area contributed by atoms with Gasteiger partial charge in [-0.15, -0.1) is 0 Å². The maximum absolute atomic E-state index is 13.4. The van der Waals surface area contributed by atoms with E-state index >= 15 is 0 Å². The predicted octanol–water partition coefficient (Wildman–Crippen LogP) is 6.42. The first-order chi connectivity index (χ1) is 16.5. The second-order valence-electron chi connectivity index (χ2n) is 9.70. The number of carbonyl (C=O) groups is 1. The van der Waals surface area contributed by atoms with Gasteiger partial charge in [0.2, 0.25) is 10.0 Å². The molecule has 1 N–H and O–H groups in total. The molecule has 4 aromatic carbocycles. The van der Waals surface area contributed by atoms with Crippen molar-refractivity contribution in [3.63, 3.8) is 0 Å². The van der Waals surface area contributed by atoms with Gasteiger partial charge in [-0.25, -0.2) is 8.42 Å². The zero-order chi connectivity index (χ0) is 25.4. The first-order valence-corrected chi connectivity index (χ1v) is 13.2. The van der Waals surface area contributed by atoms with Crippen LogP contribution in [0.1, 0.15) is 42.3 Å². The molecule has 0 heterocycles. The van der Waals surface area contributed by atoms with Gasteiger partial charge >= 0.3 is 0 Å². The Bertz CT molecular complexity index is 1520. The summed E-state index contributed by atoms with van der Waals surface area (Å²) in [5, 5.41) is 1.84. The molecule has 0 unspecified atom stereocenters. The quantitative estimate of drug-likeness (QED) is 0.319. The molecule has 0 aliphatic carbocycles. The van der Waals surface area contributed by atoms with E-state index in [1.807, 2.05) is 66.7 Å². The Balaban J connectivity index is 1.89. The summed E-state index contributed by atoms with van der Waals surface area (Å²) < 4.78 is 31.6. The van der Waals surface area contributed by atoms with Crippen molar-refractivity contribution in [2.45, 2.75) is 26.2 Å². The third-order valence-corrected chi connectivity index (χ3v) is 6.46. The average molecular weight is 488 g/mol. The first-order valence-electron chi connectivity index (χ1n) is 11.3. The van der Waals surface area contributed by atoms with E-state index in [-0.39, 0.29) is 11.2 Å². The highest BCUT2D eigenvalue weighted by Crippen LogP contribution is 2.41. The molecule has 0 saturated carbocycles. The molecule has 0 bridgehead atoms. The van der Waals surface area contributed by atoms with Gasteiger partial charge in [-0.1, -0.05) is 69.3 Å². The van der Waals surface area contributed by atoms with Gasteiger partial charge in [0.05, 0.1) is 13.4 Å². The number of methoxy groups -OCH3 is 1. The van der Waals surface area contributed by atoms with Crippen LogP contribution in [0.25, 0.3) is 21.9 Å². The summed E-state index contributed by atoms with van der Waals surface area (Å²) in [6.45, 7) is 6.30. The number of rotatable bonds is 6. The minimum Gasteiger partial charge on any atom is -0.496 e. The number of anilines is 1. The number of carbonyl (C=O) groups excluding carboxylic acids is 1. The maximum atomic E-state index is 13.4. The van der Waals surface area contributed by atoms with E-state index in [1.54, 1.807) is 19.2 Å². The molecular weight excluding hydrogens is 458 g/mol. The molecule has 0 radical (unpaired) electrons. The predicted molar refractivity (Wildman–Crippen MR) is 143 cm³/mol. The molecular formula is C29H29NO4S. The summed E-state index contributed by atoms with van der Waals surface area (Å²) in [6, 6.07) is 24.4. The molecule has 0 fully saturated rings. The lowest BCUT2D eigenvalue weighted by atomic mass is 9.82. The fraction of sp³-hybridized carbons (Fsp3) is 0.207. The lowest BCUT2D eigenvalue weighted by Gasteiger charge is -2.25. The molecule has 6 heteroatoms. The number of nitrogens with one attached hydrogen (secondary N) is 1. The summed E-state index contributed by atoms with van der Waals surface area (Å²) in [5.41, 5.74) is 4.18. The smallest absolute Gasteiger partial charge is 0.229 e. The highest BCUT2D eigenvalue weighted by Gasteiger charge is 2.25. The Kier molecular flexibility index (Phi) is 6.43. The first kappa shape index (κ1) is 24.5. The normalized spacial score (nSPS) is 11.9. The molecule has 0 aliphatic heterocycles. The summed E-state index contributed by atoms with van der Waals surface area (Å²) in [4.78, 5) is 13.4. The molecule has 4 rings (SSSR count). The van der Waals surface area contributed by atoms with E-state index in [0.29, 0.717) is 16.8 Å². The van der Waals surface area contributed by atoms with E-state index in [4.69, 9.17) is 4.74 Å². The summed E-state index contributed by atoms with van der Waals surface area (Å²) in [6.07, 6.45) is 1.13. The van der Waals surface area contributed by atoms with Crippen molar-refractivity contribution in [2.75, 3.05) is 18.1 Å². The number of hydrogen-bond donors (Lipinski definition) is 1. The van der Waals surface area contributed by atoms with Gasteiger partial charge in [-0.3, -0.25) is 9.52 Å². The highest BCUT2D eigenvalue weighted by molar-refractivity contribution is 7.92. The topological polar surface area (TPSA) is 72.5 Å². The zero-order valence-electron chi connectivity index (χ0n) is 20.5. The van der Waals surface area contributed by atoms with Gasteiger partial charge in [0.25, 0.3) is 0 Å². The maximum Gasteiger partial charge on any atom is 0.229 e. The standard InChI is InChI=1S/C29H29NO4S/c1-29(2,3)26-18-23(27(31)19-9-7-6-8-10-19)17-25(28(26)34-4)22-12-11-21-16-24(30-35(5,32)33)14-13-20(21)15-22/h6-18,30H,1-5H3. The fourth-order valence-electron chi connectivity index (χ4n) is 4.20. The molecule has 0 atom stereocenters. The summed E-state index contributed by atoms with van der Waals surface area (Å²) in [7, 11) is -1.71. The number of benzene rings is 4. The van der Waals surface area contributed by atoms with Crippen LogP contribution in [0, 0.1) is 0 Å². The van der Waals surface area contributed by atoms with Crippen molar-refractivity contribution < 1.29 is 17.9 Å². The third kappa shape index (κ3) is 5.38. The molecule has 0 spiro atoms. The Morgan fingerprint density at radius 2 is 1.49 bits per heavy atom. The molecule has 0 aliphatic rings. The van der Waals surface area contributed by atoms with Gasteiger partial charge in [0.15, 0.2) is 5.78 Å². The highest BCUT2D eigenvalue weighted by atomic mass is 32.2. The average Bonchev–Trinajstić information content (AvgIpc) is 2.81. The molecule has 0 aromatic heterocycles. The second kappa shape index (κ2) is 9.19. The van der Waals surface area contributed by atoms with E-state index in [9.17, 15) is 13.2 Å². The van der Waals surface area contributed by atoms with Crippen LogP contribution in [0.15, 0.2) is 78.9 Å². The lowest BCUT2D eigenvalue weighted by molar-refractivity contribution is 0.103. The van der Waals surface area contributed by atoms with E-state index in [2.05, 4.69) is 25.5 Å². The second-order valence-corrected chi connectivity index (χ2v) is 11.4. The largest absolute Gasteiger partial charge is 0.496 e. The summed E-state index contributed by atoms with van der Waals surface area (Å²) in [5.74, 6) is 0.689. The number of fused-ring (bicyclic) bond motifs is 1. The van der Waals surface area contributed by atoms with Crippen molar-refractivity contribution in [1.29, 1.82) is 0 Å². The van der Waals surface area contributed by atoms with Crippen LogP contribution in [0.2, 0.25) is 0 Å². The van der Waals surface area contributed by atoms with Crippen molar-refractivity contribution >= 4 is 32.3 Å². The van der Waals surface area contributed by atoms with Gasteiger partial charge in [-0.2, -0.15) is 0 Å². The zero-order valence-corrected chi connectivity index (χ0v) is 21.4. The molecule has 0 saturated heterocycles. The number of ketones is 1. The Hall–Kier alpha value is -3.64. The van der Waals surface area contributed by atoms with Crippen molar-refractivity contribution in [3.05, 3.63) is 95.6 Å². The van der Waals surface area contributed by atoms with Crippen LogP contribution < -0.4 is 9.46 Å². The Labute approximate surface area is 206 Å². The van der Waals surface area contributed by atoms with E-state index in [0.717, 1.165) is 39.5 Å². The number of ether oxygens (including phenoxy) is 1.